The van der Waals surface area contributed by atoms with Gasteiger partial charge in [-0.2, -0.15) is 15.0 Å². The first-order valence-corrected chi connectivity index (χ1v) is 7.41. The maximum Gasteiger partial charge on any atom is 0.229 e. The molecule has 116 valence electrons. The van der Waals surface area contributed by atoms with Crippen molar-refractivity contribution in [2.45, 2.75) is 25.8 Å². The van der Waals surface area contributed by atoms with E-state index in [-0.39, 0.29) is 17.9 Å². The number of carbonyl (C=O) groups excluding carboxylic acids is 1. The molecular formula is C16H20N4O2. The zero-order valence-corrected chi connectivity index (χ0v) is 12.9. The third-order valence-electron chi connectivity index (χ3n) is 3.81. The van der Waals surface area contributed by atoms with Gasteiger partial charge in [-0.3, -0.25) is 4.79 Å². The van der Waals surface area contributed by atoms with Crippen LogP contribution in [0.4, 0.5) is 0 Å². The van der Waals surface area contributed by atoms with Crippen molar-refractivity contribution in [3.05, 3.63) is 42.2 Å². The molecule has 0 radical (unpaired) electrons. The highest BCUT2D eigenvalue weighted by Gasteiger charge is 2.34. The van der Waals surface area contributed by atoms with Gasteiger partial charge in [0, 0.05) is 6.54 Å². The summed E-state index contributed by atoms with van der Waals surface area (Å²) in [6.45, 7) is 5.82. The molecule has 1 aliphatic heterocycles. The number of morpholine rings is 1. The Hall–Kier alpha value is -2.21. The third kappa shape index (κ3) is 3.01. The van der Waals surface area contributed by atoms with Crippen LogP contribution in [0.5, 0.6) is 0 Å². The molecule has 0 unspecified atom stereocenters. The number of carbonyl (C=O) groups is 1. The molecule has 0 aliphatic carbocycles. The Morgan fingerprint density at radius 3 is 2.82 bits per heavy atom. The molecule has 6 heteroatoms. The van der Waals surface area contributed by atoms with Crippen molar-refractivity contribution in [2.75, 3.05) is 19.8 Å². The van der Waals surface area contributed by atoms with E-state index in [9.17, 15) is 4.79 Å². The Morgan fingerprint density at radius 2 is 2.09 bits per heavy atom. The van der Waals surface area contributed by atoms with E-state index < -0.39 is 0 Å². The predicted octanol–water partition coefficient (Wildman–Crippen LogP) is 1.45. The molecule has 1 aromatic carbocycles. The third-order valence-corrected chi connectivity index (χ3v) is 3.81. The maximum atomic E-state index is 12.5. The Labute approximate surface area is 129 Å². The summed E-state index contributed by atoms with van der Waals surface area (Å²) in [4.78, 5) is 15.9. The Morgan fingerprint density at radius 1 is 1.32 bits per heavy atom. The summed E-state index contributed by atoms with van der Waals surface area (Å²) in [6, 6.07) is 9.66. The first kappa shape index (κ1) is 14.7. The number of nitrogens with zero attached hydrogens (tertiary/aromatic N) is 4. The van der Waals surface area contributed by atoms with Gasteiger partial charge < -0.3 is 9.64 Å². The molecule has 0 saturated carbocycles. The van der Waals surface area contributed by atoms with Gasteiger partial charge >= 0.3 is 0 Å². The van der Waals surface area contributed by atoms with Crippen LogP contribution < -0.4 is 0 Å². The van der Waals surface area contributed by atoms with E-state index in [1.165, 1.54) is 0 Å². The van der Waals surface area contributed by atoms with E-state index in [1.807, 2.05) is 49.1 Å². The quantitative estimate of drug-likeness (QED) is 0.861. The van der Waals surface area contributed by atoms with Crippen molar-refractivity contribution in [1.29, 1.82) is 0 Å². The number of hydrogen-bond acceptors (Lipinski definition) is 4. The number of hydrogen-bond donors (Lipinski definition) is 0. The summed E-state index contributed by atoms with van der Waals surface area (Å²) in [6.07, 6.45) is 1.91. The highest BCUT2D eigenvalue weighted by Crippen LogP contribution is 2.20. The molecule has 1 aliphatic rings. The molecule has 0 N–H and O–H groups in total. The Bertz CT molecular complexity index is 651. The van der Waals surface area contributed by atoms with Gasteiger partial charge in [0.2, 0.25) is 5.91 Å². The predicted molar refractivity (Wildman–Crippen MR) is 81.7 cm³/mol. The average Bonchev–Trinajstić information content (AvgIpc) is 2.96. The van der Waals surface area contributed by atoms with E-state index in [1.54, 1.807) is 11.0 Å². The lowest BCUT2D eigenvalue weighted by molar-refractivity contribution is -0.145. The summed E-state index contributed by atoms with van der Waals surface area (Å²) in [7, 11) is 0. The minimum atomic E-state index is -0.273. The van der Waals surface area contributed by atoms with E-state index in [0.29, 0.717) is 25.5 Å². The van der Waals surface area contributed by atoms with E-state index >= 15 is 0 Å². The molecule has 1 fully saturated rings. The Balaban J connectivity index is 1.71. The number of para-hydroxylation sites is 1. The molecule has 1 saturated heterocycles. The van der Waals surface area contributed by atoms with Crippen LogP contribution in [-0.2, 0) is 16.0 Å². The topological polar surface area (TPSA) is 60.2 Å². The summed E-state index contributed by atoms with van der Waals surface area (Å²) in [5.41, 5.74) is 1.29. The highest BCUT2D eigenvalue weighted by molar-refractivity contribution is 5.79. The number of benzene rings is 1. The zero-order chi connectivity index (χ0) is 15.6. The van der Waals surface area contributed by atoms with E-state index in [4.69, 9.17) is 4.74 Å². The van der Waals surface area contributed by atoms with Gasteiger partial charge in [-0.25, -0.2) is 0 Å². The van der Waals surface area contributed by atoms with Crippen LogP contribution in [0, 0.1) is 0 Å². The number of ether oxygens (including phenoxy) is 1. The van der Waals surface area contributed by atoms with Crippen molar-refractivity contribution in [3.8, 4) is 5.69 Å². The fourth-order valence-corrected chi connectivity index (χ4v) is 2.63. The molecule has 3 rings (SSSR count). The van der Waals surface area contributed by atoms with Crippen LogP contribution in [-0.4, -0.2) is 51.1 Å². The van der Waals surface area contributed by atoms with E-state index in [0.717, 1.165) is 5.69 Å². The number of rotatable bonds is 3. The summed E-state index contributed by atoms with van der Waals surface area (Å²) < 4.78 is 5.45. The monoisotopic (exact) mass is 300 g/mol. The number of aromatic nitrogens is 3. The van der Waals surface area contributed by atoms with Gasteiger partial charge in [0.05, 0.1) is 42.8 Å². The molecule has 2 aromatic rings. The van der Waals surface area contributed by atoms with Crippen LogP contribution in [0.3, 0.4) is 0 Å². The highest BCUT2D eigenvalue weighted by atomic mass is 16.5. The maximum absolute atomic E-state index is 12.5. The Kier molecular flexibility index (Phi) is 3.94. The second kappa shape index (κ2) is 5.88. The van der Waals surface area contributed by atoms with Crippen molar-refractivity contribution >= 4 is 5.91 Å². The van der Waals surface area contributed by atoms with Gasteiger partial charge in [0.25, 0.3) is 0 Å². The lowest BCUT2D eigenvalue weighted by atomic mass is 10.0. The van der Waals surface area contributed by atoms with Gasteiger partial charge in [0.15, 0.2) is 0 Å². The first-order chi connectivity index (χ1) is 10.6. The number of amides is 1. The van der Waals surface area contributed by atoms with Gasteiger partial charge in [-0.1, -0.05) is 18.2 Å². The van der Waals surface area contributed by atoms with Gasteiger partial charge in [0.1, 0.15) is 0 Å². The molecule has 1 amide bonds. The SMILES string of the molecule is CC1(C)COCCN1C(=O)Cc1cnn(-c2ccccc2)n1. The van der Waals surface area contributed by atoms with Gasteiger partial charge in [-0.05, 0) is 26.0 Å². The minimum absolute atomic E-state index is 0.0633. The fourth-order valence-electron chi connectivity index (χ4n) is 2.63. The molecule has 0 spiro atoms. The fraction of sp³-hybridized carbons (Fsp3) is 0.438. The second-order valence-corrected chi connectivity index (χ2v) is 6.05. The van der Waals surface area contributed by atoms with E-state index in [2.05, 4.69) is 10.2 Å². The van der Waals surface area contributed by atoms with Crippen molar-refractivity contribution in [1.82, 2.24) is 19.9 Å². The average molecular weight is 300 g/mol. The molecule has 22 heavy (non-hydrogen) atoms. The van der Waals surface area contributed by atoms with Crippen molar-refractivity contribution in [3.63, 3.8) is 0 Å². The first-order valence-electron chi connectivity index (χ1n) is 7.41. The summed E-state index contributed by atoms with van der Waals surface area (Å²) in [5, 5.41) is 8.62. The molecule has 1 aromatic heterocycles. The molecule has 0 bridgehead atoms. The molecule has 6 nitrogen and oxygen atoms in total. The smallest absolute Gasteiger partial charge is 0.229 e. The van der Waals surface area contributed by atoms with Crippen LogP contribution in [0.2, 0.25) is 0 Å². The standard InChI is InChI=1S/C16H20N4O2/c1-16(2)12-22-9-8-19(16)15(21)10-13-11-17-20(18-13)14-6-4-3-5-7-14/h3-7,11H,8-10,12H2,1-2H3. The minimum Gasteiger partial charge on any atom is -0.377 e. The van der Waals surface area contributed by atoms with Crippen LogP contribution in [0.25, 0.3) is 5.69 Å². The van der Waals surface area contributed by atoms with Crippen LogP contribution >= 0.6 is 0 Å². The normalized spacial score (nSPS) is 17.5. The lowest BCUT2D eigenvalue weighted by Gasteiger charge is -2.42. The van der Waals surface area contributed by atoms with Crippen LogP contribution in [0.1, 0.15) is 19.5 Å². The van der Waals surface area contributed by atoms with Crippen molar-refractivity contribution < 1.29 is 9.53 Å². The van der Waals surface area contributed by atoms with Crippen molar-refractivity contribution in [2.24, 2.45) is 0 Å². The molecule has 0 atom stereocenters. The summed E-state index contributed by atoms with van der Waals surface area (Å²) >= 11 is 0. The molecule has 2 heterocycles. The summed E-state index contributed by atoms with van der Waals surface area (Å²) in [5.74, 6) is 0.0633. The van der Waals surface area contributed by atoms with Gasteiger partial charge in [-0.15, -0.1) is 0 Å². The molecular weight excluding hydrogens is 280 g/mol. The largest absolute Gasteiger partial charge is 0.377 e. The lowest BCUT2D eigenvalue weighted by Crippen LogP contribution is -2.55. The second-order valence-electron chi connectivity index (χ2n) is 6.05. The zero-order valence-electron chi connectivity index (χ0n) is 12.9. The van der Waals surface area contributed by atoms with Crippen LogP contribution in [0.15, 0.2) is 36.5 Å².